The van der Waals surface area contributed by atoms with E-state index in [4.69, 9.17) is 10.00 Å². The Hall–Kier alpha value is -2.38. The van der Waals surface area contributed by atoms with Gasteiger partial charge in [0.1, 0.15) is 11.5 Å². The van der Waals surface area contributed by atoms with Gasteiger partial charge < -0.3 is 9.84 Å². The number of aliphatic hydroxyl groups is 1. The summed E-state index contributed by atoms with van der Waals surface area (Å²) >= 11 is 0. The number of aliphatic hydroxyl groups excluding tert-OH is 1. The molecule has 4 nitrogen and oxygen atoms in total. The topological polar surface area (TPSA) is 66.1 Å². The van der Waals surface area contributed by atoms with Crippen LogP contribution in [0.25, 0.3) is 0 Å². The van der Waals surface area contributed by atoms with Crippen molar-refractivity contribution in [3.63, 3.8) is 0 Å². The molecule has 0 amide bonds. The number of nitriles is 1. The number of rotatable bonds is 3. The molecule has 1 heterocycles. The van der Waals surface area contributed by atoms with E-state index in [9.17, 15) is 5.11 Å². The Bertz CT molecular complexity index is 571. The van der Waals surface area contributed by atoms with E-state index in [1.165, 1.54) is 0 Å². The van der Waals surface area contributed by atoms with E-state index in [-0.39, 0.29) is 0 Å². The van der Waals surface area contributed by atoms with Gasteiger partial charge in [0.2, 0.25) is 0 Å². The Labute approximate surface area is 105 Å². The predicted octanol–water partition coefficient (Wildman–Crippen LogP) is 2.80. The highest BCUT2D eigenvalue weighted by atomic mass is 16.5. The monoisotopic (exact) mass is 240 g/mol. The van der Waals surface area contributed by atoms with Crippen molar-refractivity contribution >= 4 is 0 Å². The van der Waals surface area contributed by atoms with Gasteiger partial charge in [-0.1, -0.05) is 6.07 Å². The maximum Gasteiger partial charge on any atom is 0.145 e. The van der Waals surface area contributed by atoms with E-state index in [1.807, 2.05) is 6.07 Å². The lowest BCUT2D eigenvalue weighted by molar-refractivity contribution is 0.194. The average molecular weight is 240 g/mol. The molecule has 18 heavy (non-hydrogen) atoms. The minimum Gasteiger partial charge on any atom is -0.456 e. The van der Waals surface area contributed by atoms with Gasteiger partial charge in [0.15, 0.2) is 0 Å². The van der Waals surface area contributed by atoms with E-state index in [1.54, 1.807) is 49.5 Å². The van der Waals surface area contributed by atoms with Crippen LogP contribution in [0, 0.1) is 11.3 Å². The maximum atomic E-state index is 9.33. The number of hydrogen-bond acceptors (Lipinski definition) is 4. The third-order valence-electron chi connectivity index (χ3n) is 2.39. The average Bonchev–Trinajstić information content (AvgIpc) is 2.39. The van der Waals surface area contributed by atoms with Crippen LogP contribution in [0.4, 0.5) is 0 Å². The van der Waals surface area contributed by atoms with E-state index in [0.29, 0.717) is 22.8 Å². The van der Waals surface area contributed by atoms with Gasteiger partial charge in [0, 0.05) is 0 Å². The molecule has 0 fully saturated rings. The van der Waals surface area contributed by atoms with Crippen LogP contribution >= 0.6 is 0 Å². The molecule has 1 aromatic heterocycles. The van der Waals surface area contributed by atoms with Gasteiger partial charge in [-0.05, 0) is 37.3 Å². The van der Waals surface area contributed by atoms with E-state index < -0.39 is 6.10 Å². The Morgan fingerprint density at radius 1 is 1.28 bits per heavy atom. The predicted molar refractivity (Wildman–Crippen MR) is 66.1 cm³/mol. The highest BCUT2D eigenvalue weighted by Crippen LogP contribution is 2.22. The molecule has 1 atom stereocenters. The fourth-order valence-corrected chi connectivity index (χ4v) is 1.46. The number of benzene rings is 1. The number of pyridine rings is 1. The fourth-order valence-electron chi connectivity index (χ4n) is 1.46. The summed E-state index contributed by atoms with van der Waals surface area (Å²) in [5.74, 6) is 1.15. The summed E-state index contributed by atoms with van der Waals surface area (Å²) in [5.41, 5.74) is 1.13. The van der Waals surface area contributed by atoms with Crippen molar-refractivity contribution in [1.29, 1.82) is 5.26 Å². The summed E-state index contributed by atoms with van der Waals surface area (Å²) in [6, 6.07) is 12.4. The number of ether oxygens (including phenoxy) is 1. The van der Waals surface area contributed by atoms with Crippen molar-refractivity contribution < 1.29 is 9.84 Å². The van der Waals surface area contributed by atoms with Gasteiger partial charge in [0.25, 0.3) is 0 Å². The molecule has 0 radical (unpaired) electrons. The summed E-state index contributed by atoms with van der Waals surface area (Å²) in [5, 5.41) is 18.1. The first-order valence-electron chi connectivity index (χ1n) is 5.51. The van der Waals surface area contributed by atoms with Crippen LogP contribution in [-0.2, 0) is 0 Å². The number of nitrogens with zero attached hydrogens (tertiary/aromatic N) is 2. The summed E-state index contributed by atoms with van der Waals surface area (Å²) < 4.78 is 5.56. The second-order valence-electron chi connectivity index (χ2n) is 3.84. The first kappa shape index (κ1) is 12.1. The van der Waals surface area contributed by atoms with Crippen molar-refractivity contribution in [2.75, 3.05) is 0 Å². The standard InChI is InChI=1S/C14H12N2O2/c1-10(17)14-6-5-13(9-16-14)18-12-4-2-3-11(7-12)8-15/h2-7,9-10,17H,1H3/t10-/m1/s1. The zero-order valence-electron chi connectivity index (χ0n) is 9.87. The molecule has 0 saturated heterocycles. The Kier molecular flexibility index (Phi) is 3.56. The third-order valence-corrected chi connectivity index (χ3v) is 2.39. The molecule has 0 spiro atoms. The molecule has 2 aromatic rings. The van der Waals surface area contributed by atoms with Crippen molar-refractivity contribution in [2.45, 2.75) is 13.0 Å². The molecule has 4 heteroatoms. The molecule has 0 aliphatic heterocycles. The molecule has 0 aliphatic rings. The highest BCUT2D eigenvalue weighted by Gasteiger charge is 2.03. The Morgan fingerprint density at radius 2 is 2.11 bits per heavy atom. The Balaban J connectivity index is 2.16. The van der Waals surface area contributed by atoms with Gasteiger partial charge in [-0.2, -0.15) is 5.26 Å². The van der Waals surface area contributed by atoms with Gasteiger partial charge >= 0.3 is 0 Å². The second kappa shape index (κ2) is 5.30. The summed E-state index contributed by atoms with van der Waals surface area (Å²) in [6.07, 6.45) is 0.946. The molecule has 2 rings (SSSR count). The summed E-state index contributed by atoms with van der Waals surface area (Å²) in [6.45, 7) is 1.65. The lowest BCUT2D eigenvalue weighted by atomic mass is 10.2. The van der Waals surface area contributed by atoms with Crippen LogP contribution in [0.1, 0.15) is 24.3 Å². The molecular weight excluding hydrogens is 228 g/mol. The number of aromatic nitrogens is 1. The highest BCUT2D eigenvalue weighted by molar-refractivity contribution is 5.38. The lowest BCUT2D eigenvalue weighted by Crippen LogP contribution is -1.95. The molecule has 1 aromatic carbocycles. The van der Waals surface area contributed by atoms with Crippen molar-refractivity contribution in [3.05, 3.63) is 53.9 Å². The fraction of sp³-hybridized carbons (Fsp3) is 0.143. The minimum absolute atomic E-state index is 0.543. The van der Waals surface area contributed by atoms with E-state index >= 15 is 0 Å². The smallest absolute Gasteiger partial charge is 0.145 e. The molecule has 0 aliphatic carbocycles. The van der Waals surface area contributed by atoms with E-state index in [2.05, 4.69) is 4.98 Å². The SMILES string of the molecule is C[C@@H](O)c1ccc(Oc2cccc(C#N)c2)cn1. The van der Waals surface area contributed by atoms with Crippen molar-refractivity contribution in [3.8, 4) is 17.6 Å². The normalized spacial score (nSPS) is 11.6. The van der Waals surface area contributed by atoms with Gasteiger partial charge in [-0.15, -0.1) is 0 Å². The quantitative estimate of drug-likeness (QED) is 0.895. The van der Waals surface area contributed by atoms with Crippen LogP contribution in [0.5, 0.6) is 11.5 Å². The van der Waals surface area contributed by atoms with Crippen molar-refractivity contribution in [2.24, 2.45) is 0 Å². The Morgan fingerprint density at radius 3 is 2.72 bits per heavy atom. The number of hydrogen-bond donors (Lipinski definition) is 1. The zero-order chi connectivity index (χ0) is 13.0. The van der Waals surface area contributed by atoms with Gasteiger partial charge in [-0.25, -0.2) is 0 Å². The first-order chi connectivity index (χ1) is 8.69. The molecular formula is C14H12N2O2. The molecule has 0 bridgehead atoms. The van der Waals surface area contributed by atoms with Crippen molar-refractivity contribution in [1.82, 2.24) is 4.98 Å². The summed E-state index contributed by atoms with van der Waals surface area (Å²) in [7, 11) is 0. The first-order valence-corrected chi connectivity index (χ1v) is 5.51. The molecule has 0 unspecified atom stereocenters. The van der Waals surface area contributed by atoms with Crippen LogP contribution in [-0.4, -0.2) is 10.1 Å². The lowest BCUT2D eigenvalue weighted by Gasteiger charge is -2.07. The largest absolute Gasteiger partial charge is 0.456 e. The maximum absolute atomic E-state index is 9.33. The minimum atomic E-state index is -0.596. The zero-order valence-corrected chi connectivity index (χ0v) is 9.87. The van der Waals surface area contributed by atoms with Crippen LogP contribution < -0.4 is 4.74 Å². The van der Waals surface area contributed by atoms with E-state index in [0.717, 1.165) is 0 Å². The van der Waals surface area contributed by atoms with Crippen LogP contribution in [0.3, 0.4) is 0 Å². The molecule has 0 saturated carbocycles. The molecule has 90 valence electrons. The molecule has 1 N–H and O–H groups in total. The summed E-state index contributed by atoms with van der Waals surface area (Å²) in [4.78, 5) is 4.08. The van der Waals surface area contributed by atoms with Crippen LogP contribution in [0.15, 0.2) is 42.6 Å². The van der Waals surface area contributed by atoms with Crippen LogP contribution in [0.2, 0.25) is 0 Å². The van der Waals surface area contributed by atoms with Gasteiger partial charge in [0.05, 0.1) is 29.6 Å². The third kappa shape index (κ3) is 2.84. The van der Waals surface area contributed by atoms with Gasteiger partial charge in [-0.3, -0.25) is 4.98 Å². The second-order valence-corrected chi connectivity index (χ2v) is 3.84.